The van der Waals surface area contributed by atoms with Gasteiger partial charge in [-0.25, -0.2) is 0 Å². The quantitative estimate of drug-likeness (QED) is 0.622. The molecule has 3 heteroatoms. The smallest absolute Gasteiger partial charge is 0.159 e. The van der Waals surface area contributed by atoms with E-state index in [1.165, 1.54) is 12.8 Å². The summed E-state index contributed by atoms with van der Waals surface area (Å²) in [6, 6.07) is 6.37. The lowest BCUT2D eigenvalue weighted by Crippen LogP contribution is -2.27. The molecule has 84 valence electrons. The van der Waals surface area contributed by atoms with Crippen LogP contribution >= 0.6 is 0 Å². The zero-order chi connectivity index (χ0) is 11.9. The third-order valence-corrected chi connectivity index (χ3v) is 3.46. The molecule has 0 radical (unpaired) electrons. The van der Waals surface area contributed by atoms with Crippen molar-refractivity contribution in [3.63, 3.8) is 0 Å². The van der Waals surface area contributed by atoms with Gasteiger partial charge in [-0.3, -0.25) is 0 Å². The summed E-state index contributed by atoms with van der Waals surface area (Å²) in [5, 5.41) is 27.5. The van der Waals surface area contributed by atoms with Crippen molar-refractivity contribution in [3.05, 3.63) is 0 Å². The Morgan fingerprint density at radius 1 is 0.812 bits per heavy atom. The first-order chi connectivity index (χ1) is 7.79. The highest BCUT2D eigenvalue weighted by atomic mass is 14.5. The monoisotopic (exact) mass is 215 g/mol. The first-order valence-corrected chi connectivity index (χ1v) is 6.01. The van der Waals surface area contributed by atoms with E-state index >= 15 is 0 Å². The summed E-state index contributed by atoms with van der Waals surface area (Å²) in [6.07, 6.45) is 7.68. The van der Waals surface area contributed by atoms with Crippen LogP contribution in [-0.4, -0.2) is 0 Å². The molecule has 0 bridgehead atoms. The zero-order valence-electron chi connectivity index (χ0n) is 9.58. The molecule has 3 nitrogen and oxygen atoms in total. The average molecular weight is 215 g/mol. The minimum atomic E-state index is -1.06. The van der Waals surface area contributed by atoms with Crippen molar-refractivity contribution in [2.45, 2.75) is 51.4 Å². The molecule has 0 aromatic heterocycles. The van der Waals surface area contributed by atoms with Crippen LogP contribution in [0.1, 0.15) is 51.4 Å². The molecule has 0 aromatic carbocycles. The SMILES string of the molecule is N#CC1CCCCCCCCC1(C#N)C#N. The second-order valence-corrected chi connectivity index (χ2v) is 4.54. The molecule has 1 unspecified atom stereocenters. The Morgan fingerprint density at radius 2 is 1.38 bits per heavy atom. The van der Waals surface area contributed by atoms with Gasteiger partial charge in [0.2, 0.25) is 0 Å². The molecule has 1 aliphatic carbocycles. The summed E-state index contributed by atoms with van der Waals surface area (Å²) >= 11 is 0. The molecule has 0 aromatic rings. The second-order valence-electron chi connectivity index (χ2n) is 4.54. The molecule has 16 heavy (non-hydrogen) atoms. The lowest BCUT2D eigenvalue weighted by Gasteiger charge is -2.24. The fraction of sp³-hybridized carbons (Fsp3) is 0.769. The molecular weight excluding hydrogens is 198 g/mol. The van der Waals surface area contributed by atoms with Gasteiger partial charge in [0, 0.05) is 0 Å². The maximum atomic E-state index is 9.20. The highest BCUT2D eigenvalue weighted by Gasteiger charge is 2.39. The minimum Gasteiger partial charge on any atom is -0.198 e. The number of hydrogen-bond acceptors (Lipinski definition) is 3. The van der Waals surface area contributed by atoms with Crippen LogP contribution in [0.15, 0.2) is 0 Å². The molecule has 1 fully saturated rings. The van der Waals surface area contributed by atoms with E-state index in [2.05, 4.69) is 18.2 Å². The van der Waals surface area contributed by atoms with Crippen LogP contribution in [-0.2, 0) is 0 Å². The molecule has 0 heterocycles. The van der Waals surface area contributed by atoms with Gasteiger partial charge in [-0.2, -0.15) is 15.8 Å². The summed E-state index contributed by atoms with van der Waals surface area (Å²) < 4.78 is 0. The Bertz CT molecular complexity index is 326. The zero-order valence-corrected chi connectivity index (χ0v) is 9.58. The molecule has 0 spiro atoms. The van der Waals surface area contributed by atoms with E-state index in [9.17, 15) is 10.5 Å². The van der Waals surface area contributed by atoms with Crippen LogP contribution in [0, 0.1) is 45.3 Å². The standard InChI is InChI=1S/C13H17N3/c14-9-12-7-5-3-1-2-4-6-8-13(12,10-15)11-16/h12H,1-8H2. The van der Waals surface area contributed by atoms with Crippen LogP contribution in [0.25, 0.3) is 0 Å². The maximum absolute atomic E-state index is 9.20. The topological polar surface area (TPSA) is 71.4 Å². The summed E-state index contributed by atoms with van der Waals surface area (Å²) in [5.74, 6) is -0.416. The summed E-state index contributed by atoms with van der Waals surface area (Å²) in [6.45, 7) is 0. The van der Waals surface area contributed by atoms with Crippen LogP contribution in [0.5, 0.6) is 0 Å². The van der Waals surface area contributed by atoms with Gasteiger partial charge < -0.3 is 0 Å². The van der Waals surface area contributed by atoms with E-state index in [-0.39, 0.29) is 0 Å². The Kier molecular flexibility index (Phi) is 4.81. The molecule has 0 amide bonds. The van der Waals surface area contributed by atoms with Crippen LogP contribution in [0.4, 0.5) is 0 Å². The number of hydrogen-bond donors (Lipinski definition) is 0. The normalized spacial score (nSPS) is 25.7. The van der Waals surface area contributed by atoms with Crippen molar-refractivity contribution in [1.82, 2.24) is 0 Å². The van der Waals surface area contributed by atoms with Gasteiger partial charge in [0.1, 0.15) is 0 Å². The fourth-order valence-corrected chi connectivity index (χ4v) is 2.35. The number of rotatable bonds is 0. The Labute approximate surface area is 97.3 Å². The van der Waals surface area contributed by atoms with E-state index in [1.807, 2.05) is 0 Å². The molecule has 1 saturated carbocycles. The summed E-state index contributed by atoms with van der Waals surface area (Å²) in [7, 11) is 0. The second kappa shape index (κ2) is 6.14. The van der Waals surface area contributed by atoms with Gasteiger partial charge in [0.05, 0.1) is 24.1 Å². The van der Waals surface area contributed by atoms with E-state index in [0.717, 1.165) is 25.7 Å². The third-order valence-electron chi connectivity index (χ3n) is 3.46. The van der Waals surface area contributed by atoms with E-state index in [1.54, 1.807) is 0 Å². The molecule has 1 atom stereocenters. The van der Waals surface area contributed by atoms with Crippen molar-refractivity contribution in [3.8, 4) is 18.2 Å². The van der Waals surface area contributed by atoms with Crippen molar-refractivity contribution >= 4 is 0 Å². The van der Waals surface area contributed by atoms with Gasteiger partial charge in [-0.15, -0.1) is 0 Å². The lowest BCUT2D eigenvalue weighted by atomic mass is 9.72. The molecule has 0 N–H and O–H groups in total. The Balaban J connectivity index is 2.85. The van der Waals surface area contributed by atoms with Gasteiger partial charge in [-0.05, 0) is 12.8 Å². The predicted molar refractivity (Wildman–Crippen MR) is 59.7 cm³/mol. The van der Waals surface area contributed by atoms with Gasteiger partial charge >= 0.3 is 0 Å². The highest BCUT2D eigenvalue weighted by molar-refractivity contribution is 5.20. The minimum absolute atomic E-state index is 0.416. The van der Waals surface area contributed by atoms with E-state index in [4.69, 9.17) is 5.26 Å². The highest BCUT2D eigenvalue weighted by Crippen LogP contribution is 2.36. The van der Waals surface area contributed by atoms with Gasteiger partial charge in [0.25, 0.3) is 0 Å². The lowest BCUT2D eigenvalue weighted by molar-refractivity contribution is 0.311. The van der Waals surface area contributed by atoms with Crippen LogP contribution in [0.3, 0.4) is 0 Å². The van der Waals surface area contributed by atoms with E-state index < -0.39 is 11.3 Å². The van der Waals surface area contributed by atoms with Gasteiger partial charge in [0.15, 0.2) is 5.41 Å². The van der Waals surface area contributed by atoms with Crippen LogP contribution in [0.2, 0.25) is 0 Å². The first kappa shape index (κ1) is 12.5. The number of nitrogens with zero attached hydrogens (tertiary/aromatic N) is 3. The Morgan fingerprint density at radius 3 is 1.94 bits per heavy atom. The number of nitriles is 3. The molecule has 1 aliphatic rings. The fourth-order valence-electron chi connectivity index (χ4n) is 2.35. The van der Waals surface area contributed by atoms with Gasteiger partial charge in [-0.1, -0.05) is 38.5 Å². The van der Waals surface area contributed by atoms with Crippen molar-refractivity contribution in [2.75, 3.05) is 0 Å². The molecule has 0 aliphatic heterocycles. The van der Waals surface area contributed by atoms with Crippen molar-refractivity contribution in [1.29, 1.82) is 15.8 Å². The molecule has 1 rings (SSSR count). The predicted octanol–water partition coefficient (Wildman–Crippen LogP) is 3.29. The average Bonchev–Trinajstić information content (AvgIpc) is 2.34. The molecule has 0 saturated heterocycles. The van der Waals surface area contributed by atoms with E-state index in [0.29, 0.717) is 12.8 Å². The van der Waals surface area contributed by atoms with Crippen LogP contribution < -0.4 is 0 Å². The summed E-state index contributed by atoms with van der Waals surface area (Å²) in [5.41, 5.74) is -1.06. The summed E-state index contributed by atoms with van der Waals surface area (Å²) in [4.78, 5) is 0. The maximum Gasteiger partial charge on any atom is 0.159 e. The third kappa shape index (κ3) is 2.74. The van der Waals surface area contributed by atoms with Crippen molar-refractivity contribution < 1.29 is 0 Å². The molecular formula is C13H17N3. The largest absolute Gasteiger partial charge is 0.198 e. The Hall–Kier alpha value is -1.53. The van der Waals surface area contributed by atoms with Crippen molar-refractivity contribution in [2.24, 2.45) is 11.3 Å². The first-order valence-electron chi connectivity index (χ1n) is 6.01.